The van der Waals surface area contributed by atoms with E-state index < -0.39 is 0 Å². The van der Waals surface area contributed by atoms with Gasteiger partial charge in [0.1, 0.15) is 6.54 Å². The van der Waals surface area contributed by atoms with Gasteiger partial charge < -0.3 is 9.47 Å². The van der Waals surface area contributed by atoms with Crippen molar-refractivity contribution in [2.75, 3.05) is 6.54 Å². The van der Waals surface area contributed by atoms with Gasteiger partial charge in [-0.15, -0.1) is 11.3 Å². The van der Waals surface area contributed by atoms with Crippen molar-refractivity contribution in [3.63, 3.8) is 0 Å². The molecule has 0 spiro atoms. The summed E-state index contributed by atoms with van der Waals surface area (Å²) in [7, 11) is 0. The van der Waals surface area contributed by atoms with Gasteiger partial charge in [-0.1, -0.05) is 6.07 Å². The van der Waals surface area contributed by atoms with Gasteiger partial charge in [-0.3, -0.25) is 4.79 Å². The van der Waals surface area contributed by atoms with Gasteiger partial charge in [0.05, 0.1) is 0 Å². The van der Waals surface area contributed by atoms with Crippen molar-refractivity contribution in [3.8, 4) is 0 Å². The molecular weight excluding hydrogens is 280 g/mol. The highest BCUT2D eigenvalue weighted by Crippen LogP contribution is 2.23. The van der Waals surface area contributed by atoms with Gasteiger partial charge in [-0.25, -0.2) is 0 Å². The van der Waals surface area contributed by atoms with Crippen LogP contribution in [0.5, 0.6) is 0 Å². The highest BCUT2D eigenvalue weighted by molar-refractivity contribution is 7.09. The largest absolute Gasteiger partial charge is 0.345 e. The molecule has 1 atom stereocenters. The first-order valence-electron chi connectivity index (χ1n) is 7.75. The zero-order valence-electron chi connectivity index (χ0n) is 12.3. The molecule has 0 radical (unpaired) electrons. The number of likely N-dealkylation sites (tertiary alicyclic amines) is 1. The van der Waals surface area contributed by atoms with E-state index in [0.717, 1.165) is 32.2 Å². The molecule has 2 aromatic heterocycles. The molecule has 0 aliphatic carbocycles. The summed E-state index contributed by atoms with van der Waals surface area (Å²) >= 11 is 1.82. The van der Waals surface area contributed by atoms with Crippen LogP contribution in [0.2, 0.25) is 0 Å². The van der Waals surface area contributed by atoms with Crippen LogP contribution in [-0.4, -0.2) is 28.0 Å². The molecule has 1 fully saturated rings. The van der Waals surface area contributed by atoms with Crippen molar-refractivity contribution in [1.82, 2.24) is 9.47 Å². The van der Waals surface area contributed by atoms with E-state index in [1.54, 1.807) is 0 Å². The zero-order chi connectivity index (χ0) is 14.5. The topological polar surface area (TPSA) is 25.2 Å². The highest BCUT2D eigenvalue weighted by Gasteiger charge is 2.26. The Balaban J connectivity index is 1.59. The van der Waals surface area contributed by atoms with Crippen LogP contribution >= 0.6 is 11.3 Å². The first-order valence-corrected chi connectivity index (χ1v) is 8.63. The van der Waals surface area contributed by atoms with E-state index in [0.29, 0.717) is 12.6 Å². The maximum absolute atomic E-state index is 12.5. The molecular formula is C17H22N2OS. The maximum Gasteiger partial charge on any atom is 0.242 e. The van der Waals surface area contributed by atoms with Gasteiger partial charge in [0.15, 0.2) is 0 Å². The molecule has 2 aromatic rings. The monoisotopic (exact) mass is 302 g/mol. The van der Waals surface area contributed by atoms with Gasteiger partial charge in [-0.2, -0.15) is 0 Å². The number of amides is 1. The maximum atomic E-state index is 12.5. The van der Waals surface area contributed by atoms with Crippen molar-refractivity contribution in [2.45, 2.75) is 44.7 Å². The summed E-state index contributed by atoms with van der Waals surface area (Å²) in [6.45, 7) is 1.40. The van der Waals surface area contributed by atoms with Gasteiger partial charge in [-0.05, 0) is 55.7 Å². The van der Waals surface area contributed by atoms with Crippen LogP contribution in [-0.2, 0) is 17.8 Å². The third kappa shape index (κ3) is 3.76. The molecule has 3 nitrogen and oxygen atoms in total. The minimum absolute atomic E-state index is 0.266. The lowest BCUT2D eigenvalue weighted by molar-refractivity contribution is -0.135. The fraction of sp³-hybridized carbons (Fsp3) is 0.471. The second-order valence-electron chi connectivity index (χ2n) is 5.71. The molecule has 1 aliphatic rings. The summed E-state index contributed by atoms with van der Waals surface area (Å²) in [6.07, 6.45) is 9.66. The van der Waals surface area contributed by atoms with E-state index in [1.807, 2.05) is 40.4 Å². The molecule has 1 saturated heterocycles. The van der Waals surface area contributed by atoms with E-state index in [2.05, 4.69) is 22.4 Å². The van der Waals surface area contributed by atoms with Crippen molar-refractivity contribution in [1.29, 1.82) is 0 Å². The quantitative estimate of drug-likeness (QED) is 0.829. The number of carbonyl (C=O) groups is 1. The minimum Gasteiger partial charge on any atom is -0.345 e. The predicted octanol–water partition coefficient (Wildman–Crippen LogP) is 3.56. The number of piperidine rings is 1. The van der Waals surface area contributed by atoms with Crippen molar-refractivity contribution < 1.29 is 4.79 Å². The highest BCUT2D eigenvalue weighted by atomic mass is 32.1. The van der Waals surface area contributed by atoms with Crippen LogP contribution in [0.1, 0.15) is 30.6 Å². The average molecular weight is 302 g/mol. The Morgan fingerprint density at radius 2 is 2.10 bits per heavy atom. The Labute approximate surface area is 130 Å². The predicted molar refractivity (Wildman–Crippen MR) is 86.4 cm³/mol. The van der Waals surface area contributed by atoms with Crippen LogP contribution < -0.4 is 0 Å². The molecule has 3 heterocycles. The third-order valence-electron chi connectivity index (χ3n) is 4.24. The summed E-state index contributed by atoms with van der Waals surface area (Å²) in [6, 6.07) is 8.66. The van der Waals surface area contributed by atoms with Crippen molar-refractivity contribution in [2.24, 2.45) is 0 Å². The Bertz CT molecular complexity index is 547. The normalized spacial score (nSPS) is 18.9. The number of aromatic nitrogens is 1. The molecule has 21 heavy (non-hydrogen) atoms. The number of hydrogen-bond acceptors (Lipinski definition) is 2. The molecule has 112 valence electrons. The number of carbonyl (C=O) groups excluding carboxylic acids is 1. The summed E-state index contributed by atoms with van der Waals surface area (Å²) in [5.41, 5.74) is 0. The van der Waals surface area contributed by atoms with Gasteiger partial charge in [0.25, 0.3) is 0 Å². The molecule has 0 N–H and O–H groups in total. The van der Waals surface area contributed by atoms with E-state index in [4.69, 9.17) is 0 Å². The fourth-order valence-corrected chi connectivity index (χ4v) is 3.84. The molecule has 0 saturated carbocycles. The Hall–Kier alpha value is -1.55. The molecule has 1 unspecified atom stereocenters. The Morgan fingerprint density at radius 1 is 1.24 bits per heavy atom. The summed E-state index contributed by atoms with van der Waals surface area (Å²) in [4.78, 5) is 16.1. The molecule has 0 bridgehead atoms. The Morgan fingerprint density at radius 3 is 2.86 bits per heavy atom. The molecule has 3 rings (SSSR count). The fourth-order valence-electron chi connectivity index (χ4n) is 3.12. The Kier molecular flexibility index (Phi) is 4.76. The lowest BCUT2D eigenvalue weighted by Gasteiger charge is -2.36. The lowest BCUT2D eigenvalue weighted by Crippen LogP contribution is -2.45. The number of hydrogen-bond donors (Lipinski definition) is 0. The number of aryl methyl sites for hydroxylation is 1. The van der Waals surface area contributed by atoms with Crippen LogP contribution in [0.25, 0.3) is 0 Å². The first kappa shape index (κ1) is 14.4. The number of rotatable bonds is 5. The van der Waals surface area contributed by atoms with Gasteiger partial charge in [0, 0.05) is 29.9 Å². The zero-order valence-corrected chi connectivity index (χ0v) is 13.1. The first-order chi connectivity index (χ1) is 10.3. The van der Waals surface area contributed by atoms with Gasteiger partial charge in [0.2, 0.25) is 5.91 Å². The van der Waals surface area contributed by atoms with Crippen LogP contribution in [0, 0.1) is 0 Å². The number of nitrogens with zero attached hydrogens (tertiary/aromatic N) is 2. The SMILES string of the molecule is O=C(Cn1cccc1)N1CCCCC1CCc1cccs1. The molecule has 1 amide bonds. The average Bonchev–Trinajstić information content (AvgIpc) is 3.18. The molecule has 4 heteroatoms. The summed E-state index contributed by atoms with van der Waals surface area (Å²) in [5.74, 6) is 0.266. The van der Waals surface area contributed by atoms with E-state index in [-0.39, 0.29) is 5.91 Å². The molecule has 0 aromatic carbocycles. The van der Waals surface area contributed by atoms with Crippen LogP contribution in [0.15, 0.2) is 42.0 Å². The van der Waals surface area contributed by atoms with Crippen LogP contribution in [0.3, 0.4) is 0 Å². The van der Waals surface area contributed by atoms with Gasteiger partial charge >= 0.3 is 0 Å². The van der Waals surface area contributed by atoms with Crippen LogP contribution in [0.4, 0.5) is 0 Å². The summed E-state index contributed by atoms with van der Waals surface area (Å²) < 4.78 is 1.97. The number of thiophene rings is 1. The standard InChI is InChI=1S/C17H22N2OS/c20-17(14-18-10-3-4-11-18)19-12-2-1-6-15(19)8-9-16-7-5-13-21-16/h3-5,7,10-11,13,15H,1-2,6,8-9,12,14H2. The van der Waals surface area contributed by atoms with Crippen molar-refractivity contribution in [3.05, 3.63) is 46.9 Å². The van der Waals surface area contributed by atoms with E-state index in [1.165, 1.54) is 11.3 Å². The van der Waals surface area contributed by atoms with E-state index in [9.17, 15) is 4.79 Å². The second-order valence-corrected chi connectivity index (χ2v) is 6.74. The molecule has 1 aliphatic heterocycles. The van der Waals surface area contributed by atoms with Crippen molar-refractivity contribution >= 4 is 17.2 Å². The second kappa shape index (κ2) is 6.94. The third-order valence-corrected chi connectivity index (χ3v) is 5.17. The summed E-state index contributed by atoms with van der Waals surface area (Å²) in [5, 5.41) is 2.13. The van der Waals surface area contributed by atoms with E-state index >= 15 is 0 Å². The minimum atomic E-state index is 0.266. The smallest absolute Gasteiger partial charge is 0.242 e. The lowest BCUT2D eigenvalue weighted by atomic mass is 9.97.